The number of aromatic nitrogens is 1. The highest BCUT2D eigenvalue weighted by molar-refractivity contribution is 6.20. The van der Waals surface area contributed by atoms with E-state index in [0.29, 0.717) is 0 Å². The number of hydrogen-bond donors (Lipinski definition) is 0. The minimum absolute atomic E-state index is 0.900. The van der Waals surface area contributed by atoms with Crippen molar-refractivity contribution in [2.24, 2.45) is 0 Å². The van der Waals surface area contributed by atoms with Crippen molar-refractivity contribution >= 4 is 89.5 Å². The molecule has 0 amide bonds. The number of fused-ring (bicyclic) bond motifs is 8. The lowest BCUT2D eigenvalue weighted by atomic mass is 9.87. The molecule has 0 unspecified atom stereocenters. The Morgan fingerprint density at radius 3 is 2.16 bits per heavy atom. The molecular formula is C58H46N2O. The third kappa shape index (κ3) is 5.72. The molecule has 0 aliphatic heterocycles. The second-order valence-electron chi connectivity index (χ2n) is 16.0. The summed E-state index contributed by atoms with van der Waals surface area (Å²) >= 11 is 0. The summed E-state index contributed by atoms with van der Waals surface area (Å²) in [5.41, 5.74) is 21.0. The van der Waals surface area contributed by atoms with Crippen LogP contribution in [0, 0.1) is 0 Å². The average Bonchev–Trinajstić information content (AvgIpc) is 4.07. The molecule has 12 rings (SSSR count). The van der Waals surface area contributed by atoms with E-state index in [1.807, 2.05) is 32.1 Å². The second kappa shape index (κ2) is 14.7. The number of benzene rings is 7. The number of nitrogens with zero attached hydrogens (tertiary/aromatic N) is 2. The molecule has 61 heavy (non-hydrogen) atoms. The molecule has 0 saturated carbocycles. The Balaban J connectivity index is 0.00000207. The van der Waals surface area contributed by atoms with Crippen molar-refractivity contribution < 1.29 is 4.42 Å². The molecule has 0 N–H and O–H groups in total. The van der Waals surface area contributed by atoms with Gasteiger partial charge in [0.05, 0.1) is 16.7 Å². The Labute approximate surface area is 356 Å². The van der Waals surface area contributed by atoms with Gasteiger partial charge in [-0.05, 0) is 131 Å². The second-order valence-corrected chi connectivity index (χ2v) is 16.0. The van der Waals surface area contributed by atoms with E-state index < -0.39 is 0 Å². The van der Waals surface area contributed by atoms with Crippen LogP contribution in [-0.4, -0.2) is 4.40 Å². The SMILES string of the molecule is C=Cc1c(/C=C\C)n2c3cccc(C4=CC5=C(CC4)c4ccc(N(c6ccc(-c7ccccc7)cc6)c6ccc7oc8ccccc8c7c6)cc4C5)c3c3cccc1c32.CC. The summed E-state index contributed by atoms with van der Waals surface area (Å²) in [6, 6.07) is 55.2. The molecule has 0 fully saturated rings. The Morgan fingerprint density at radius 1 is 0.623 bits per heavy atom. The van der Waals surface area contributed by atoms with Crippen LogP contribution in [0.15, 0.2) is 180 Å². The lowest BCUT2D eigenvalue weighted by Gasteiger charge is -2.26. The fourth-order valence-corrected chi connectivity index (χ4v) is 10.2. The molecule has 0 saturated heterocycles. The first-order chi connectivity index (χ1) is 30.2. The predicted octanol–water partition coefficient (Wildman–Crippen LogP) is 16.6. The van der Waals surface area contributed by atoms with E-state index >= 15 is 0 Å². The first-order valence-electron chi connectivity index (χ1n) is 21.7. The quantitative estimate of drug-likeness (QED) is 0.160. The highest BCUT2D eigenvalue weighted by Gasteiger charge is 2.28. The van der Waals surface area contributed by atoms with Gasteiger partial charge in [0.2, 0.25) is 0 Å². The van der Waals surface area contributed by atoms with Crippen molar-refractivity contribution in [3.05, 3.63) is 204 Å². The summed E-state index contributed by atoms with van der Waals surface area (Å²) in [7, 11) is 0. The standard InChI is InChI=1S/C56H40N2O.C2H6/c1-3-12-51-43(4-2)48-17-10-18-49-55-46(16-11-19-52(55)58(51)56(48)49)37-23-28-44-38(31-37)32-39-33-41(26-29-45(39)44)57(40-24-21-36(22-25-40)35-13-6-5-7-14-35)42-27-30-54-50(34-42)47-15-8-9-20-53(47)59-54;1-2/h3-22,24-27,29-31,33-34H,2,23,28,32H2,1H3;1-2H3/b12-3-;. The summed E-state index contributed by atoms with van der Waals surface area (Å²) in [6.45, 7) is 10.3. The number of anilines is 3. The van der Waals surface area contributed by atoms with Gasteiger partial charge >= 0.3 is 0 Å². The fraction of sp³-hybridized carbons (Fsp3) is 0.103. The van der Waals surface area contributed by atoms with Gasteiger partial charge in [0.15, 0.2) is 0 Å². The van der Waals surface area contributed by atoms with Gasteiger partial charge < -0.3 is 13.7 Å². The molecule has 0 bridgehead atoms. The Bertz CT molecular complexity index is 3420. The van der Waals surface area contributed by atoms with Crippen LogP contribution in [0.2, 0.25) is 0 Å². The van der Waals surface area contributed by atoms with E-state index in [4.69, 9.17) is 4.42 Å². The first kappa shape index (κ1) is 36.7. The van der Waals surface area contributed by atoms with E-state index in [1.54, 1.807) is 0 Å². The number of rotatable bonds is 7. The van der Waals surface area contributed by atoms with Crippen LogP contribution in [-0.2, 0) is 6.42 Å². The fourth-order valence-electron chi connectivity index (χ4n) is 10.2. The molecule has 3 heterocycles. The Hall–Kier alpha value is -7.36. The number of hydrogen-bond acceptors (Lipinski definition) is 2. The normalized spacial score (nSPS) is 13.7. The number of para-hydroxylation sites is 2. The van der Waals surface area contributed by atoms with Crippen LogP contribution in [0.1, 0.15) is 61.6 Å². The van der Waals surface area contributed by atoms with Gasteiger partial charge in [0.1, 0.15) is 11.2 Å². The lowest BCUT2D eigenvalue weighted by Crippen LogP contribution is -2.10. The van der Waals surface area contributed by atoms with Gasteiger partial charge in [-0.2, -0.15) is 0 Å². The first-order valence-corrected chi connectivity index (χ1v) is 21.7. The molecular weight excluding hydrogens is 741 g/mol. The van der Waals surface area contributed by atoms with Crippen molar-refractivity contribution in [1.82, 2.24) is 4.40 Å². The Kier molecular flexibility index (Phi) is 8.86. The van der Waals surface area contributed by atoms with Crippen molar-refractivity contribution in [2.45, 2.75) is 40.0 Å². The minimum Gasteiger partial charge on any atom is -0.456 e. The van der Waals surface area contributed by atoms with Gasteiger partial charge in [0, 0.05) is 49.6 Å². The van der Waals surface area contributed by atoms with Gasteiger partial charge in [-0.3, -0.25) is 0 Å². The highest BCUT2D eigenvalue weighted by Crippen LogP contribution is 2.48. The zero-order chi connectivity index (χ0) is 41.2. The summed E-state index contributed by atoms with van der Waals surface area (Å²) in [5.74, 6) is 0. The summed E-state index contributed by atoms with van der Waals surface area (Å²) < 4.78 is 8.71. The topological polar surface area (TPSA) is 20.8 Å². The molecule has 0 atom stereocenters. The lowest BCUT2D eigenvalue weighted by molar-refractivity contribution is 0.669. The maximum atomic E-state index is 6.26. The molecule has 3 aromatic heterocycles. The molecule has 0 radical (unpaired) electrons. The average molecular weight is 787 g/mol. The van der Waals surface area contributed by atoms with Crippen molar-refractivity contribution in [3.8, 4) is 11.1 Å². The van der Waals surface area contributed by atoms with E-state index in [2.05, 4.69) is 181 Å². The zero-order valence-corrected chi connectivity index (χ0v) is 34.9. The van der Waals surface area contributed by atoms with Crippen molar-refractivity contribution in [3.63, 3.8) is 0 Å². The molecule has 3 nitrogen and oxygen atoms in total. The Morgan fingerprint density at radius 2 is 1.33 bits per heavy atom. The molecule has 0 spiro atoms. The molecule has 7 aromatic carbocycles. The molecule has 2 aliphatic carbocycles. The number of allylic oxidation sites excluding steroid dienone is 5. The smallest absolute Gasteiger partial charge is 0.135 e. The van der Waals surface area contributed by atoms with Crippen LogP contribution in [0.3, 0.4) is 0 Å². The molecule has 2 aliphatic rings. The van der Waals surface area contributed by atoms with Crippen LogP contribution >= 0.6 is 0 Å². The van der Waals surface area contributed by atoms with Crippen molar-refractivity contribution in [1.29, 1.82) is 0 Å². The zero-order valence-electron chi connectivity index (χ0n) is 34.9. The third-order valence-corrected chi connectivity index (χ3v) is 12.8. The molecule has 294 valence electrons. The van der Waals surface area contributed by atoms with Crippen LogP contribution in [0.25, 0.3) is 83.6 Å². The van der Waals surface area contributed by atoms with Crippen molar-refractivity contribution in [2.75, 3.05) is 4.90 Å². The maximum absolute atomic E-state index is 6.26. The summed E-state index contributed by atoms with van der Waals surface area (Å²) in [6.07, 6.45) is 11.9. The van der Waals surface area contributed by atoms with E-state index in [-0.39, 0.29) is 0 Å². The van der Waals surface area contributed by atoms with Crippen LogP contribution in [0.4, 0.5) is 17.1 Å². The van der Waals surface area contributed by atoms with E-state index in [1.165, 1.54) is 83.0 Å². The largest absolute Gasteiger partial charge is 0.456 e. The highest BCUT2D eigenvalue weighted by atomic mass is 16.3. The van der Waals surface area contributed by atoms with Gasteiger partial charge in [0.25, 0.3) is 0 Å². The van der Waals surface area contributed by atoms with Crippen LogP contribution in [0.5, 0.6) is 0 Å². The summed E-state index contributed by atoms with van der Waals surface area (Å²) in [5, 5.41) is 6.17. The summed E-state index contributed by atoms with van der Waals surface area (Å²) in [4.78, 5) is 2.40. The van der Waals surface area contributed by atoms with Crippen LogP contribution < -0.4 is 4.90 Å². The van der Waals surface area contributed by atoms with Gasteiger partial charge in [-0.1, -0.05) is 136 Å². The molecule has 3 heteroatoms. The van der Waals surface area contributed by atoms with Gasteiger partial charge in [-0.15, -0.1) is 0 Å². The third-order valence-electron chi connectivity index (χ3n) is 12.8. The van der Waals surface area contributed by atoms with E-state index in [9.17, 15) is 0 Å². The minimum atomic E-state index is 0.900. The maximum Gasteiger partial charge on any atom is 0.135 e. The molecule has 10 aromatic rings. The van der Waals surface area contributed by atoms with Gasteiger partial charge in [-0.25, -0.2) is 0 Å². The predicted molar refractivity (Wildman–Crippen MR) is 261 cm³/mol. The number of furan rings is 1. The monoisotopic (exact) mass is 786 g/mol. The van der Waals surface area contributed by atoms with E-state index in [0.717, 1.165) is 58.3 Å².